The van der Waals surface area contributed by atoms with Crippen LogP contribution < -0.4 is 0 Å². The minimum Gasteiger partial charge on any atom is -0.332 e. The molecule has 138 valence electrons. The third-order valence-electron chi connectivity index (χ3n) is 4.07. The summed E-state index contributed by atoms with van der Waals surface area (Å²) in [5.41, 5.74) is 2.38. The van der Waals surface area contributed by atoms with Crippen molar-refractivity contribution < 1.29 is 0 Å². The van der Waals surface area contributed by atoms with Crippen LogP contribution in [0.15, 0.2) is 11.8 Å². The summed E-state index contributed by atoms with van der Waals surface area (Å²) >= 11 is 0. The van der Waals surface area contributed by atoms with Crippen LogP contribution in [0, 0.1) is 0 Å². The number of rotatable bonds is 8. The number of nitrogens with zero attached hydrogens (tertiary/aromatic N) is 2. The van der Waals surface area contributed by atoms with Gasteiger partial charge in [0.05, 0.1) is 0 Å². The Morgan fingerprint density at radius 2 is 0.913 bits per heavy atom. The zero-order valence-corrected chi connectivity index (χ0v) is 24.3. The van der Waals surface area contributed by atoms with Gasteiger partial charge in [0.1, 0.15) is 32.9 Å². The normalized spacial score (nSPS) is 15.6. The van der Waals surface area contributed by atoms with E-state index in [-0.39, 0.29) is 0 Å². The van der Waals surface area contributed by atoms with E-state index < -0.39 is 32.9 Å². The highest BCUT2D eigenvalue weighted by Gasteiger charge is 2.47. The molecule has 0 heterocycles. The molecule has 0 aromatic heterocycles. The Kier molecular flexibility index (Phi) is 8.22. The topological polar surface area (TPSA) is 6.48 Å². The van der Waals surface area contributed by atoms with Crippen molar-refractivity contribution in [3.8, 4) is 0 Å². The first-order valence-corrected chi connectivity index (χ1v) is 24.1. The predicted octanol–water partition coefficient (Wildman–Crippen LogP) is 4.53. The van der Waals surface area contributed by atoms with Gasteiger partial charge in [0.2, 0.25) is 0 Å². The molecule has 0 aromatic rings. The summed E-state index contributed by atoms with van der Waals surface area (Å²) in [4.78, 5) is 0. The molecule has 7 heteroatoms. The maximum Gasteiger partial charge on any atom is 0.113 e. The van der Waals surface area contributed by atoms with Crippen LogP contribution in [-0.4, -0.2) is 57.8 Å². The third kappa shape index (κ3) is 7.25. The van der Waals surface area contributed by atoms with E-state index in [4.69, 9.17) is 0 Å². The van der Waals surface area contributed by atoms with Crippen molar-refractivity contribution in [1.29, 1.82) is 0 Å². The fraction of sp³-hybridized carbons (Fsp3) is 0.875. The van der Waals surface area contributed by atoms with E-state index in [2.05, 4.69) is 98.8 Å². The summed E-state index contributed by atoms with van der Waals surface area (Å²) in [6.07, 6.45) is 4.31. The van der Waals surface area contributed by atoms with Gasteiger partial charge in [-0.05, 0) is 6.42 Å². The molecule has 0 saturated heterocycles. The smallest absolute Gasteiger partial charge is 0.113 e. The molecule has 0 atom stereocenters. The van der Waals surface area contributed by atoms with Gasteiger partial charge in [0, 0.05) is 16.4 Å². The first-order valence-electron chi connectivity index (χ1n) is 9.14. The highest BCUT2D eigenvalue weighted by Crippen LogP contribution is 2.33. The molecule has 0 fully saturated rings. The molecule has 0 radical (unpaired) electrons. The first kappa shape index (κ1) is 23.7. The van der Waals surface area contributed by atoms with Gasteiger partial charge in [-0.2, -0.15) is 0 Å². The van der Waals surface area contributed by atoms with Gasteiger partial charge in [-0.25, -0.2) is 0 Å². The lowest BCUT2D eigenvalue weighted by Crippen LogP contribution is -2.74. The standard InChI is InChI=1S/C16H44N2Si5/c1-20(2,3)17(21(4,5)6)16(14-13-15-19)18(22(7,8)9)23(10,11)12/h13,15-16H,14H2,1-12,19H3. The van der Waals surface area contributed by atoms with Crippen molar-refractivity contribution in [3.05, 3.63) is 11.8 Å². The maximum absolute atomic E-state index is 3.05. The molecule has 0 rings (SSSR count). The number of hydrogen-bond acceptors (Lipinski definition) is 2. The molecule has 2 nitrogen and oxygen atoms in total. The molecule has 0 bridgehead atoms. The summed E-state index contributed by atoms with van der Waals surface area (Å²) in [5, 5.41) is 0. The zero-order chi connectivity index (χ0) is 18.9. The quantitative estimate of drug-likeness (QED) is 0.433. The van der Waals surface area contributed by atoms with E-state index in [1.165, 1.54) is 16.7 Å². The van der Waals surface area contributed by atoms with E-state index in [1.807, 2.05) is 0 Å². The Hall–Kier alpha value is 0.744. The first-order chi connectivity index (χ1) is 9.94. The zero-order valence-electron chi connectivity index (χ0n) is 18.3. The highest BCUT2D eigenvalue weighted by molar-refractivity contribution is 6.91. The van der Waals surface area contributed by atoms with E-state index in [0.717, 1.165) is 0 Å². The summed E-state index contributed by atoms with van der Waals surface area (Å²) < 4.78 is 6.11. The van der Waals surface area contributed by atoms with Crippen molar-refractivity contribution in [2.75, 3.05) is 0 Å². The molecule has 0 aromatic carbocycles. The van der Waals surface area contributed by atoms with E-state index >= 15 is 0 Å². The average molecular weight is 405 g/mol. The minimum atomic E-state index is -1.38. The van der Waals surface area contributed by atoms with Gasteiger partial charge < -0.3 is 8.46 Å². The Balaban J connectivity index is 6.27. The summed E-state index contributed by atoms with van der Waals surface area (Å²) in [6, 6.07) is 0. The van der Waals surface area contributed by atoms with Crippen LogP contribution in [0.1, 0.15) is 6.42 Å². The van der Waals surface area contributed by atoms with Gasteiger partial charge in [0.25, 0.3) is 0 Å². The fourth-order valence-corrected chi connectivity index (χ4v) is 25.7. The minimum absolute atomic E-state index is 0.622. The van der Waals surface area contributed by atoms with Crippen LogP contribution in [0.4, 0.5) is 0 Å². The van der Waals surface area contributed by atoms with Crippen LogP contribution in [0.25, 0.3) is 0 Å². The number of hydrogen-bond donors (Lipinski definition) is 0. The van der Waals surface area contributed by atoms with Crippen molar-refractivity contribution in [1.82, 2.24) is 8.46 Å². The largest absolute Gasteiger partial charge is 0.332 e. The van der Waals surface area contributed by atoms with E-state index in [9.17, 15) is 0 Å². The monoisotopic (exact) mass is 404 g/mol. The van der Waals surface area contributed by atoms with Crippen LogP contribution in [-0.2, 0) is 0 Å². The Morgan fingerprint density at radius 3 is 1.09 bits per heavy atom. The van der Waals surface area contributed by atoms with Gasteiger partial charge in [-0.3, -0.25) is 0 Å². The van der Waals surface area contributed by atoms with Crippen LogP contribution in [0.2, 0.25) is 78.6 Å². The lowest BCUT2D eigenvalue weighted by atomic mass is 10.4. The van der Waals surface area contributed by atoms with Crippen molar-refractivity contribution in [2.24, 2.45) is 0 Å². The molecule has 0 aliphatic rings. The van der Waals surface area contributed by atoms with E-state index in [1.54, 1.807) is 0 Å². The molecule has 23 heavy (non-hydrogen) atoms. The molecular weight excluding hydrogens is 361 g/mol. The molecule has 0 aliphatic carbocycles. The Bertz CT molecular complexity index is 337. The van der Waals surface area contributed by atoms with Gasteiger partial charge in [0.15, 0.2) is 0 Å². The van der Waals surface area contributed by atoms with Crippen molar-refractivity contribution in [2.45, 2.75) is 91.2 Å². The molecule has 0 unspecified atom stereocenters. The molecule has 0 amide bonds. The lowest BCUT2D eigenvalue weighted by Gasteiger charge is -2.58. The maximum atomic E-state index is 3.05. The fourth-order valence-electron chi connectivity index (χ4n) is 4.38. The summed E-state index contributed by atoms with van der Waals surface area (Å²) in [6.45, 7) is 30.6. The van der Waals surface area contributed by atoms with Gasteiger partial charge in [-0.15, -0.1) is 5.70 Å². The van der Waals surface area contributed by atoms with Gasteiger partial charge >= 0.3 is 0 Å². The molecule has 0 N–H and O–H groups in total. The van der Waals surface area contributed by atoms with Gasteiger partial charge in [-0.1, -0.05) is 84.6 Å². The van der Waals surface area contributed by atoms with Crippen molar-refractivity contribution >= 4 is 43.2 Å². The molecule has 0 aliphatic heterocycles. The second-order valence-electron chi connectivity index (χ2n) is 10.7. The van der Waals surface area contributed by atoms with Crippen LogP contribution in [0.3, 0.4) is 0 Å². The molecular formula is C16H44N2Si5. The average Bonchev–Trinajstić information content (AvgIpc) is 2.17. The highest BCUT2D eigenvalue weighted by atomic mass is 28.4. The van der Waals surface area contributed by atoms with E-state index in [0.29, 0.717) is 6.17 Å². The molecule has 0 spiro atoms. The third-order valence-corrected chi connectivity index (χ3v) is 19.6. The van der Waals surface area contributed by atoms with Crippen LogP contribution in [0.5, 0.6) is 0 Å². The van der Waals surface area contributed by atoms with Crippen molar-refractivity contribution in [3.63, 3.8) is 0 Å². The molecule has 0 saturated carbocycles. The second kappa shape index (κ2) is 7.97. The lowest BCUT2D eigenvalue weighted by molar-refractivity contribution is 0.306. The second-order valence-corrected chi connectivity index (χ2v) is 31.6. The SMILES string of the molecule is C[Si](C)(C)N(C(CC=C[SiH3])N([Si](C)(C)C)[Si](C)(C)C)[Si](C)(C)C. The summed E-state index contributed by atoms with van der Waals surface area (Å²) in [7, 11) is -4.35. The Labute approximate surface area is 154 Å². The Morgan fingerprint density at radius 1 is 0.652 bits per heavy atom. The summed E-state index contributed by atoms with van der Waals surface area (Å²) in [5.74, 6) is 0. The van der Waals surface area contributed by atoms with Crippen LogP contribution >= 0.6 is 0 Å². The predicted molar refractivity (Wildman–Crippen MR) is 125 cm³/mol.